The molecule has 0 radical (unpaired) electrons. The van der Waals surface area contributed by atoms with E-state index in [9.17, 15) is 9.90 Å². The van der Waals surface area contributed by atoms with Crippen molar-refractivity contribution < 1.29 is 39.0 Å². The zero-order valence-corrected chi connectivity index (χ0v) is 13.1. The summed E-state index contributed by atoms with van der Waals surface area (Å²) in [5.74, 6) is -1.32. The Kier molecular flexibility index (Phi) is 16.7. The van der Waals surface area contributed by atoms with Gasteiger partial charge < -0.3 is 15.3 Å². The van der Waals surface area contributed by atoms with Gasteiger partial charge in [-0.15, -0.1) is 0 Å². The Labute approximate surface area is 138 Å². The maximum absolute atomic E-state index is 11.5. The van der Waals surface area contributed by atoms with Crippen LogP contribution in [0, 0.1) is 0 Å². The third-order valence-electron chi connectivity index (χ3n) is 2.65. The predicted octanol–water partition coefficient (Wildman–Crippen LogP) is -2.39. The van der Waals surface area contributed by atoms with Gasteiger partial charge in [-0.1, -0.05) is 31.9 Å². The molecular formula is C14H25LiN2O4. The van der Waals surface area contributed by atoms with Crippen LogP contribution < -0.4 is 24.0 Å². The molecule has 0 aliphatic heterocycles. The SMILES string of the molecule is CCCCC/C=C/C([O-])=NCN(CCCO)CC(=O)O.[Li+]. The first-order valence-electron chi connectivity index (χ1n) is 7.03. The van der Waals surface area contributed by atoms with Crippen LogP contribution in [0.25, 0.3) is 0 Å². The maximum Gasteiger partial charge on any atom is 1.00 e. The molecule has 21 heavy (non-hydrogen) atoms. The Bertz CT molecular complexity index is 322. The number of aliphatic carboxylic acids is 1. The second-order valence-electron chi connectivity index (χ2n) is 4.56. The Morgan fingerprint density at radius 2 is 2.05 bits per heavy atom. The van der Waals surface area contributed by atoms with E-state index in [1.807, 2.05) is 0 Å². The van der Waals surface area contributed by atoms with Crippen LogP contribution in [0.2, 0.25) is 0 Å². The van der Waals surface area contributed by atoms with E-state index >= 15 is 0 Å². The zero-order chi connectivity index (χ0) is 15.2. The minimum atomic E-state index is -0.972. The van der Waals surface area contributed by atoms with Crippen LogP contribution in [0.15, 0.2) is 17.1 Å². The van der Waals surface area contributed by atoms with E-state index in [2.05, 4.69) is 11.9 Å². The maximum atomic E-state index is 11.5. The molecule has 0 aromatic rings. The summed E-state index contributed by atoms with van der Waals surface area (Å²) >= 11 is 0. The van der Waals surface area contributed by atoms with E-state index in [-0.39, 0.29) is 44.6 Å². The monoisotopic (exact) mass is 292 g/mol. The topological polar surface area (TPSA) is 96.2 Å². The van der Waals surface area contributed by atoms with Crippen molar-refractivity contribution in [2.45, 2.75) is 39.0 Å². The van der Waals surface area contributed by atoms with Gasteiger partial charge in [-0.2, -0.15) is 0 Å². The second-order valence-corrected chi connectivity index (χ2v) is 4.56. The molecule has 0 aromatic carbocycles. The van der Waals surface area contributed by atoms with E-state index in [1.54, 1.807) is 6.08 Å². The number of nitrogens with zero attached hydrogens (tertiary/aromatic N) is 2. The Balaban J connectivity index is 0. The van der Waals surface area contributed by atoms with Gasteiger partial charge in [-0.25, -0.2) is 0 Å². The number of hydrogen-bond acceptors (Lipinski definition) is 5. The van der Waals surface area contributed by atoms with Crippen LogP contribution in [0.1, 0.15) is 39.0 Å². The molecule has 0 atom stereocenters. The summed E-state index contributed by atoms with van der Waals surface area (Å²) < 4.78 is 0. The van der Waals surface area contributed by atoms with Crippen molar-refractivity contribution in [2.75, 3.05) is 26.4 Å². The van der Waals surface area contributed by atoms with Crippen molar-refractivity contribution in [3.05, 3.63) is 12.2 Å². The van der Waals surface area contributed by atoms with Gasteiger partial charge in [-0.05, 0) is 25.2 Å². The van der Waals surface area contributed by atoms with Gasteiger partial charge in [0, 0.05) is 13.2 Å². The van der Waals surface area contributed by atoms with Gasteiger partial charge in [0.15, 0.2) is 0 Å². The molecule has 0 aliphatic rings. The van der Waals surface area contributed by atoms with Gasteiger partial charge >= 0.3 is 24.8 Å². The minimum absolute atomic E-state index is 0. The molecule has 2 N–H and O–H groups in total. The number of aliphatic hydroxyl groups is 1. The van der Waals surface area contributed by atoms with Gasteiger partial charge in [0.2, 0.25) is 0 Å². The second kappa shape index (κ2) is 15.6. The van der Waals surface area contributed by atoms with Crippen LogP contribution >= 0.6 is 0 Å². The van der Waals surface area contributed by atoms with Gasteiger partial charge in [-0.3, -0.25) is 14.7 Å². The van der Waals surface area contributed by atoms with E-state index in [4.69, 9.17) is 10.2 Å². The third kappa shape index (κ3) is 15.4. The number of allylic oxidation sites excluding steroid dienone is 1. The Morgan fingerprint density at radius 1 is 1.33 bits per heavy atom. The van der Waals surface area contributed by atoms with E-state index < -0.39 is 5.97 Å². The van der Waals surface area contributed by atoms with Gasteiger partial charge in [0.05, 0.1) is 13.2 Å². The Hall–Kier alpha value is -0.803. The molecule has 0 aromatic heterocycles. The van der Waals surface area contributed by atoms with Crippen molar-refractivity contribution in [1.29, 1.82) is 0 Å². The summed E-state index contributed by atoms with van der Waals surface area (Å²) in [6.07, 6.45) is 7.89. The van der Waals surface area contributed by atoms with Crippen molar-refractivity contribution >= 4 is 11.9 Å². The largest absolute Gasteiger partial charge is 1.00 e. The molecule has 0 bridgehead atoms. The molecular weight excluding hydrogens is 267 g/mol. The summed E-state index contributed by atoms with van der Waals surface area (Å²) in [4.78, 5) is 16.0. The summed E-state index contributed by atoms with van der Waals surface area (Å²) in [6.45, 7) is 2.37. The van der Waals surface area contributed by atoms with Crippen LogP contribution in [0.3, 0.4) is 0 Å². The Morgan fingerprint density at radius 3 is 2.62 bits per heavy atom. The number of aliphatic imine (C=N–C) groups is 1. The number of carboxylic acid groups (broad SMARTS) is 1. The minimum Gasteiger partial charge on any atom is -0.859 e. The van der Waals surface area contributed by atoms with Crippen molar-refractivity contribution in [3.8, 4) is 0 Å². The van der Waals surface area contributed by atoms with Crippen LogP contribution in [0.5, 0.6) is 0 Å². The van der Waals surface area contributed by atoms with Crippen LogP contribution in [0.4, 0.5) is 0 Å². The molecule has 6 nitrogen and oxygen atoms in total. The number of aliphatic hydroxyl groups excluding tert-OH is 1. The molecule has 0 heterocycles. The fourth-order valence-electron chi connectivity index (χ4n) is 1.60. The number of hydrogen-bond donors (Lipinski definition) is 2. The summed E-state index contributed by atoms with van der Waals surface area (Å²) in [7, 11) is 0. The molecule has 0 fully saturated rings. The smallest absolute Gasteiger partial charge is 0.859 e. The fraction of sp³-hybridized carbons (Fsp3) is 0.714. The molecule has 116 valence electrons. The summed E-state index contributed by atoms with van der Waals surface area (Å²) in [6, 6.07) is 0. The number of unbranched alkanes of at least 4 members (excludes halogenated alkanes) is 3. The normalized spacial score (nSPS) is 11.9. The molecule has 0 saturated heterocycles. The van der Waals surface area contributed by atoms with Gasteiger partial charge in [0.1, 0.15) is 0 Å². The quantitative estimate of drug-likeness (QED) is 0.181. The number of carbonyl (C=O) groups is 1. The van der Waals surface area contributed by atoms with Crippen molar-refractivity contribution in [2.24, 2.45) is 4.99 Å². The van der Waals surface area contributed by atoms with E-state index in [1.165, 1.54) is 11.0 Å². The molecule has 0 rings (SSSR count). The fourth-order valence-corrected chi connectivity index (χ4v) is 1.60. The van der Waals surface area contributed by atoms with Crippen molar-refractivity contribution in [3.63, 3.8) is 0 Å². The molecule has 0 spiro atoms. The van der Waals surface area contributed by atoms with Crippen LogP contribution in [-0.4, -0.2) is 53.3 Å². The number of rotatable bonds is 12. The first-order valence-corrected chi connectivity index (χ1v) is 7.03. The standard InChI is InChI=1S/C14H26N2O4.Li/c1-2-3-4-5-6-8-13(18)15-12-16(9-7-10-17)11-14(19)20;/h6,8,17H,2-5,7,9-12H2,1H3,(H,15,18)(H,19,20);/q;+1/p-1/b8-6+;. The van der Waals surface area contributed by atoms with E-state index in [0.717, 1.165) is 25.7 Å². The number of carboxylic acids is 1. The van der Waals surface area contributed by atoms with Crippen LogP contribution in [-0.2, 0) is 4.79 Å². The summed E-state index contributed by atoms with van der Waals surface area (Å²) in [5.41, 5.74) is 0. The molecule has 0 aliphatic carbocycles. The zero-order valence-electron chi connectivity index (χ0n) is 13.1. The first kappa shape index (κ1) is 22.5. The molecule has 7 heteroatoms. The molecule has 0 unspecified atom stereocenters. The average Bonchev–Trinajstić information content (AvgIpc) is 2.41. The average molecular weight is 292 g/mol. The van der Waals surface area contributed by atoms with Crippen molar-refractivity contribution in [1.82, 2.24) is 4.90 Å². The predicted molar refractivity (Wildman–Crippen MR) is 76.5 cm³/mol. The third-order valence-corrected chi connectivity index (χ3v) is 2.65. The van der Waals surface area contributed by atoms with E-state index in [0.29, 0.717) is 13.0 Å². The van der Waals surface area contributed by atoms with Gasteiger partial charge in [0.25, 0.3) is 0 Å². The summed E-state index contributed by atoms with van der Waals surface area (Å²) in [5, 5.41) is 28.9. The first-order chi connectivity index (χ1) is 9.60. The molecule has 0 amide bonds. The molecule has 0 saturated carbocycles.